The minimum absolute atomic E-state index is 0. The molecule has 0 saturated carbocycles. The summed E-state index contributed by atoms with van der Waals surface area (Å²) in [5, 5.41) is 45.8. The Morgan fingerprint density at radius 3 is 1.40 bits per heavy atom. The van der Waals surface area contributed by atoms with Crippen molar-refractivity contribution in [1.82, 2.24) is 10.9 Å². The number of halogens is 2. The molecule has 0 fully saturated rings. The van der Waals surface area contributed by atoms with Gasteiger partial charge in [-0.2, -0.15) is 10.2 Å². The molecule has 14 heteroatoms. The van der Waals surface area contributed by atoms with Crippen LogP contribution in [0.15, 0.2) is 107 Å². The van der Waals surface area contributed by atoms with E-state index < -0.39 is 24.4 Å². The molecule has 0 amide bonds. The molecular formula is C34H33Cl2FeN5O6. The molecule has 2 aliphatic rings. The number of phenols is 2. The van der Waals surface area contributed by atoms with Crippen LogP contribution in [0.2, 0.25) is 10.0 Å². The first-order chi connectivity index (χ1) is 22.5. The molecule has 0 radical (unpaired) electrons. The summed E-state index contributed by atoms with van der Waals surface area (Å²) >= 11 is 11.8. The number of nitrogens with zero attached hydrogens (tertiary/aromatic N) is 2. The van der Waals surface area contributed by atoms with Crippen LogP contribution in [0.25, 0.3) is 0 Å². The molecule has 252 valence electrons. The van der Waals surface area contributed by atoms with Gasteiger partial charge in [0, 0.05) is 51.1 Å². The van der Waals surface area contributed by atoms with Gasteiger partial charge in [0.25, 0.3) is 0 Å². The van der Waals surface area contributed by atoms with Crippen molar-refractivity contribution >= 4 is 46.6 Å². The summed E-state index contributed by atoms with van der Waals surface area (Å²) in [6.45, 7) is 0. The summed E-state index contributed by atoms with van der Waals surface area (Å²) < 4.78 is 0. The van der Waals surface area contributed by atoms with Crippen LogP contribution in [0.4, 0.5) is 0 Å². The van der Waals surface area contributed by atoms with Crippen LogP contribution in [-0.2, 0) is 26.7 Å². The molecule has 2 heterocycles. The van der Waals surface area contributed by atoms with E-state index in [2.05, 4.69) is 21.1 Å². The monoisotopic (exact) mass is 733 g/mol. The summed E-state index contributed by atoms with van der Waals surface area (Å²) in [4.78, 5) is 19.6. The third-order valence-electron chi connectivity index (χ3n) is 7.19. The van der Waals surface area contributed by atoms with Crippen molar-refractivity contribution in [2.45, 2.75) is 37.4 Å². The second-order valence-corrected chi connectivity index (χ2v) is 11.4. The predicted molar refractivity (Wildman–Crippen MR) is 181 cm³/mol. The normalized spacial score (nSPS) is 16.6. The molecule has 8 N–H and O–H groups in total. The first kappa shape index (κ1) is 37.9. The van der Waals surface area contributed by atoms with Crippen LogP contribution in [0.3, 0.4) is 0 Å². The van der Waals surface area contributed by atoms with Gasteiger partial charge < -0.3 is 37.0 Å². The van der Waals surface area contributed by atoms with E-state index in [4.69, 9.17) is 39.1 Å². The van der Waals surface area contributed by atoms with Gasteiger partial charge in [0.15, 0.2) is 0 Å². The zero-order valence-electron chi connectivity index (χ0n) is 25.3. The Labute approximate surface area is 297 Å². The second-order valence-electron chi connectivity index (χ2n) is 10.6. The van der Waals surface area contributed by atoms with Crippen molar-refractivity contribution < 1.29 is 47.1 Å². The number of hydrogen-bond acceptors (Lipinski definition) is 9. The molecule has 6 rings (SSSR count). The molecule has 3 unspecified atom stereocenters. The number of carbonyl (C=O) groups is 2. The largest absolute Gasteiger partial charge is 0.507 e. The van der Waals surface area contributed by atoms with Gasteiger partial charge in [-0.15, -0.1) is 0 Å². The third-order valence-corrected chi connectivity index (χ3v) is 7.70. The van der Waals surface area contributed by atoms with E-state index in [-0.39, 0.29) is 40.7 Å². The van der Waals surface area contributed by atoms with Crippen LogP contribution in [0.5, 0.6) is 11.5 Å². The molecule has 0 saturated heterocycles. The maximum Gasteiger partial charge on any atom is 0.321 e. The minimum Gasteiger partial charge on any atom is -0.507 e. The number of hydrazone groups is 2. The summed E-state index contributed by atoms with van der Waals surface area (Å²) in [6, 6.07) is 28.9. The Morgan fingerprint density at radius 2 is 1.08 bits per heavy atom. The van der Waals surface area contributed by atoms with Gasteiger partial charge in [0.2, 0.25) is 0 Å². The van der Waals surface area contributed by atoms with E-state index in [9.17, 15) is 19.8 Å². The molecule has 2 aliphatic heterocycles. The fraction of sp³-hybridized carbons (Fsp3) is 0.176. The Bertz CT molecular complexity index is 1640. The van der Waals surface area contributed by atoms with E-state index in [0.29, 0.717) is 0 Å². The van der Waals surface area contributed by atoms with Crippen molar-refractivity contribution in [2.24, 2.45) is 15.9 Å². The first-order valence-corrected chi connectivity index (χ1v) is 15.2. The average molecular weight is 734 g/mol. The van der Waals surface area contributed by atoms with Gasteiger partial charge in [-0.25, -0.2) is 0 Å². The quantitative estimate of drug-likeness (QED) is 0.114. The molecule has 0 spiro atoms. The van der Waals surface area contributed by atoms with Crippen molar-refractivity contribution in [1.29, 1.82) is 0 Å². The SMILES string of the molecule is NC(CC(=O)O)C(=O)O.Oc1ccccc1C1=NNC(c2ccc(Cl)cc2)C1.Oc1ccccc1C1=NNC(c2ccc(Cl)cc2)C1.[Fe]. The number of carboxylic acid groups (broad SMARTS) is 2. The summed E-state index contributed by atoms with van der Waals surface area (Å²) in [6.07, 6.45) is 0.966. The molecule has 0 bridgehead atoms. The molecule has 0 aliphatic carbocycles. The van der Waals surface area contributed by atoms with E-state index in [1.807, 2.05) is 72.8 Å². The van der Waals surface area contributed by atoms with Gasteiger partial charge in [0.1, 0.15) is 17.5 Å². The molecule has 3 atom stereocenters. The maximum atomic E-state index is 9.85. The van der Waals surface area contributed by atoms with E-state index in [1.165, 1.54) is 0 Å². The Balaban J connectivity index is 0.000000207. The van der Waals surface area contributed by atoms with Crippen molar-refractivity contribution in [3.63, 3.8) is 0 Å². The maximum absolute atomic E-state index is 9.85. The fourth-order valence-corrected chi connectivity index (χ4v) is 4.96. The average Bonchev–Trinajstić information content (AvgIpc) is 3.74. The first-order valence-electron chi connectivity index (χ1n) is 14.4. The molecule has 48 heavy (non-hydrogen) atoms. The van der Waals surface area contributed by atoms with Crippen LogP contribution in [-0.4, -0.2) is 49.8 Å². The number of nitrogens with one attached hydrogen (secondary N) is 2. The number of hydrogen-bond donors (Lipinski definition) is 7. The number of nitrogens with two attached hydrogens (primary N) is 1. The standard InChI is InChI=1S/2C15H13ClN2O.C4H7NO4.Fe/c2*16-11-7-5-10(6-8-11)13-9-14(18-17-13)12-3-1-2-4-15(12)19;5-2(4(8)9)1-3(6)7;/h2*1-8,13,17,19H,9H2;2H,1,5H2,(H,6,7)(H,8,9);. The van der Waals surface area contributed by atoms with Crippen LogP contribution in [0.1, 0.15) is 53.6 Å². The van der Waals surface area contributed by atoms with Crippen LogP contribution >= 0.6 is 23.2 Å². The molecule has 11 nitrogen and oxygen atoms in total. The van der Waals surface area contributed by atoms with Gasteiger partial charge in [-0.1, -0.05) is 71.7 Å². The second kappa shape index (κ2) is 18.1. The van der Waals surface area contributed by atoms with E-state index in [1.54, 1.807) is 24.3 Å². The molecule has 4 aromatic carbocycles. The molecular weight excluding hydrogens is 701 g/mol. The Hall–Kier alpha value is -4.58. The van der Waals surface area contributed by atoms with Crippen LogP contribution < -0.4 is 16.6 Å². The predicted octanol–water partition coefficient (Wildman–Crippen LogP) is 5.84. The smallest absolute Gasteiger partial charge is 0.321 e. The summed E-state index contributed by atoms with van der Waals surface area (Å²) in [5.74, 6) is -1.97. The van der Waals surface area contributed by atoms with Crippen molar-refractivity contribution in [3.05, 3.63) is 129 Å². The summed E-state index contributed by atoms with van der Waals surface area (Å²) in [5.41, 5.74) is 16.6. The van der Waals surface area contributed by atoms with E-state index in [0.717, 1.165) is 56.6 Å². The van der Waals surface area contributed by atoms with Gasteiger partial charge in [0.05, 0.1) is 29.9 Å². The van der Waals surface area contributed by atoms with Gasteiger partial charge >= 0.3 is 11.9 Å². The number of aromatic hydroxyl groups is 2. The topological polar surface area (TPSA) is 190 Å². The molecule has 0 aromatic heterocycles. The zero-order valence-corrected chi connectivity index (χ0v) is 27.9. The summed E-state index contributed by atoms with van der Waals surface area (Å²) in [7, 11) is 0. The van der Waals surface area contributed by atoms with E-state index >= 15 is 0 Å². The third kappa shape index (κ3) is 10.7. The number of carboxylic acids is 2. The minimum atomic E-state index is -1.29. The molecule has 4 aromatic rings. The van der Waals surface area contributed by atoms with Crippen LogP contribution in [0, 0.1) is 0 Å². The van der Waals surface area contributed by atoms with Gasteiger partial charge in [-0.05, 0) is 59.7 Å². The number of aliphatic carboxylic acids is 2. The number of phenolic OH excluding ortho intramolecular Hbond substituents is 2. The zero-order chi connectivity index (χ0) is 33.9. The Morgan fingerprint density at radius 1 is 0.708 bits per heavy atom. The number of benzene rings is 4. The fourth-order valence-electron chi connectivity index (χ4n) is 4.71. The van der Waals surface area contributed by atoms with Crippen molar-refractivity contribution in [2.75, 3.05) is 0 Å². The Kier molecular flexibility index (Phi) is 14.3. The van der Waals surface area contributed by atoms with Crippen molar-refractivity contribution in [3.8, 4) is 11.5 Å². The number of rotatable bonds is 7. The van der Waals surface area contributed by atoms with Gasteiger partial charge in [-0.3, -0.25) is 9.59 Å². The number of para-hydroxylation sites is 2.